The van der Waals surface area contributed by atoms with Gasteiger partial charge in [-0.15, -0.1) is 19.7 Å². The van der Waals surface area contributed by atoms with Gasteiger partial charge in [0, 0.05) is 0 Å². The molecular formula is C10H23N. The molecule has 0 unspecified atom stereocenters. The average molecular weight is 157 g/mol. The fourth-order valence-corrected chi connectivity index (χ4v) is 0.394. The molecule has 0 heterocycles. The molecule has 1 heteroatoms. The van der Waals surface area contributed by atoms with E-state index in [1.807, 2.05) is 6.92 Å². The van der Waals surface area contributed by atoms with Gasteiger partial charge in [-0.05, 0) is 19.9 Å². The Morgan fingerprint density at radius 3 is 1.73 bits per heavy atom. The molecule has 0 aliphatic rings. The van der Waals surface area contributed by atoms with Crippen LogP contribution in [0, 0.1) is 0 Å². The number of hydrogen-bond acceptors (Lipinski definition) is 1. The van der Waals surface area contributed by atoms with Crippen molar-refractivity contribution in [2.75, 3.05) is 6.54 Å². The summed E-state index contributed by atoms with van der Waals surface area (Å²) >= 11 is 0. The molecule has 0 rings (SSSR count). The van der Waals surface area contributed by atoms with Gasteiger partial charge in [0.1, 0.15) is 0 Å². The number of rotatable bonds is 3. The lowest BCUT2D eigenvalue weighted by molar-refractivity contribution is 0.727. The molecule has 0 saturated heterocycles. The minimum Gasteiger partial charge on any atom is -0.330 e. The van der Waals surface area contributed by atoms with E-state index in [0.29, 0.717) is 0 Å². The Balaban J connectivity index is -0.000000109. The zero-order chi connectivity index (χ0) is 9.54. The molecule has 0 fully saturated rings. The van der Waals surface area contributed by atoms with Crippen molar-refractivity contribution in [3.8, 4) is 0 Å². The predicted molar refractivity (Wildman–Crippen MR) is 55.7 cm³/mol. The minimum absolute atomic E-state index is 0.855. The van der Waals surface area contributed by atoms with E-state index in [1.54, 1.807) is 6.08 Å². The standard InChI is InChI=1S/C5H13N.C3H6.C2H4/c1-2-3-4-5-6;1-3-2;1-2/h2-6H2,1H3;3H,1H2,2H3;1-2H2. The maximum absolute atomic E-state index is 5.21. The lowest BCUT2D eigenvalue weighted by Gasteiger charge is -1.86. The van der Waals surface area contributed by atoms with Gasteiger partial charge in [0.25, 0.3) is 0 Å². The van der Waals surface area contributed by atoms with E-state index in [2.05, 4.69) is 26.7 Å². The molecular weight excluding hydrogens is 134 g/mol. The van der Waals surface area contributed by atoms with Crippen molar-refractivity contribution in [3.05, 3.63) is 25.8 Å². The van der Waals surface area contributed by atoms with Crippen LogP contribution in [0.3, 0.4) is 0 Å². The monoisotopic (exact) mass is 157 g/mol. The van der Waals surface area contributed by atoms with E-state index in [4.69, 9.17) is 5.73 Å². The first kappa shape index (κ1) is 16.8. The molecule has 0 atom stereocenters. The number of allylic oxidation sites excluding steroid dienone is 1. The largest absolute Gasteiger partial charge is 0.330 e. The maximum atomic E-state index is 5.21. The molecule has 0 spiro atoms. The van der Waals surface area contributed by atoms with Crippen molar-refractivity contribution in [2.24, 2.45) is 5.73 Å². The second kappa shape index (κ2) is 34.1. The SMILES string of the molecule is C=C.C=CC.CCCCCN. The zero-order valence-electron chi connectivity index (χ0n) is 8.10. The lowest BCUT2D eigenvalue weighted by Crippen LogP contribution is -1.96. The van der Waals surface area contributed by atoms with Crippen molar-refractivity contribution in [1.82, 2.24) is 0 Å². The summed E-state index contributed by atoms with van der Waals surface area (Å²) in [5.41, 5.74) is 5.21. The number of nitrogens with two attached hydrogens (primary N) is 1. The van der Waals surface area contributed by atoms with Crippen LogP contribution in [0.4, 0.5) is 0 Å². The van der Waals surface area contributed by atoms with E-state index < -0.39 is 0 Å². The van der Waals surface area contributed by atoms with E-state index >= 15 is 0 Å². The Morgan fingerprint density at radius 2 is 1.64 bits per heavy atom. The van der Waals surface area contributed by atoms with Crippen LogP contribution in [0.5, 0.6) is 0 Å². The molecule has 11 heavy (non-hydrogen) atoms. The summed E-state index contributed by atoms with van der Waals surface area (Å²) in [7, 11) is 0. The first-order valence-electron chi connectivity index (χ1n) is 4.10. The Morgan fingerprint density at radius 1 is 1.27 bits per heavy atom. The quantitative estimate of drug-likeness (QED) is 0.494. The van der Waals surface area contributed by atoms with Gasteiger partial charge < -0.3 is 5.73 Å². The molecule has 2 N–H and O–H groups in total. The van der Waals surface area contributed by atoms with E-state index in [9.17, 15) is 0 Å². The molecule has 0 amide bonds. The van der Waals surface area contributed by atoms with Crippen molar-refractivity contribution in [2.45, 2.75) is 33.1 Å². The maximum Gasteiger partial charge on any atom is -0.00773 e. The van der Waals surface area contributed by atoms with Crippen LogP contribution in [0.1, 0.15) is 33.1 Å². The van der Waals surface area contributed by atoms with E-state index in [0.717, 1.165) is 6.54 Å². The second-order valence-electron chi connectivity index (χ2n) is 1.90. The summed E-state index contributed by atoms with van der Waals surface area (Å²) in [5, 5.41) is 0. The van der Waals surface area contributed by atoms with Crippen LogP contribution in [0.2, 0.25) is 0 Å². The Kier molecular flexibility index (Phi) is 52.1. The number of hydrogen-bond donors (Lipinski definition) is 1. The van der Waals surface area contributed by atoms with Gasteiger partial charge >= 0.3 is 0 Å². The third kappa shape index (κ3) is 87.8. The van der Waals surface area contributed by atoms with Crippen molar-refractivity contribution >= 4 is 0 Å². The van der Waals surface area contributed by atoms with Crippen LogP contribution < -0.4 is 5.73 Å². The highest BCUT2D eigenvalue weighted by molar-refractivity contribution is 4.51. The highest BCUT2D eigenvalue weighted by Crippen LogP contribution is 1.88. The average Bonchev–Trinajstić information content (AvgIpc) is 2.06. The van der Waals surface area contributed by atoms with Crippen LogP contribution >= 0.6 is 0 Å². The van der Waals surface area contributed by atoms with Gasteiger partial charge in [-0.25, -0.2) is 0 Å². The Labute approximate surface area is 72.0 Å². The van der Waals surface area contributed by atoms with Crippen molar-refractivity contribution in [3.63, 3.8) is 0 Å². The highest BCUT2D eigenvalue weighted by atomic mass is 14.5. The predicted octanol–water partition coefficient (Wildman–Crippen LogP) is 3.13. The summed E-state index contributed by atoms with van der Waals surface area (Å²) in [4.78, 5) is 0. The molecule has 1 nitrogen and oxygen atoms in total. The molecule has 68 valence electrons. The fraction of sp³-hybridized carbons (Fsp3) is 0.600. The van der Waals surface area contributed by atoms with E-state index in [1.165, 1.54) is 19.3 Å². The molecule has 0 aromatic heterocycles. The van der Waals surface area contributed by atoms with Gasteiger partial charge in [0.15, 0.2) is 0 Å². The topological polar surface area (TPSA) is 26.0 Å². The normalized spacial score (nSPS) is 6.45. The van der Waals surface area contributed by atoms with Crippen LogP contribution in [-0.2, 0) is 0 Å². The van der Waals surface area contributed by atoms with Crippen molar-refractivity contribution < 1.29 is 0 Å². The van der Waals surface area contributed by atoms with Gasteiger partial charge in [-0.1, -0.05) is 25.8 Å². The first-order chi connectivity index (χ1) is 5.33. The second-order valence-corrected chi connectivity index (χ2v) is 1.90. The Hall–Kier alpha value is -0.560. The third-order valence-corrected chi connectivity index (χ3v) is 0.808. The summed E-state index contributed by atoms with van der Waals surface area (Å²) in [5.74, 6) is 0. The molecule has 0 bridgehead atoms. The van der Waals surface area contributed by atoms with Gasteiger partial charge in [0.05, 0.1) is 0 Å². The fourth-order valence-electron chi connectivity index (χ4n) is 0.394. The summed E-state index contributed by atoms with van der Waals surface area (Å²) in [6.45, 7) is 14.3. The van der Waals surface area contributed by atoms with Crippen LogP contribution in [0.15, 0.2) is 25.8 Å². The van der Waals surface area contributed by atoms with Gasteiger partial charge in [0.2, 0.25) is 0 Å². The summed E-state index contributed by atoms with van der Waals surface area (Å²) < 4.78 is 0. The van der Waals surface area contributed by atoms with Gasteiger partial charge in [-0.3, -0.25) is 0 Å². The molecule has 0 aliphatic heterocycles. The van der Waals surface area contributed by atoms with Crippen LogP contribution in [-0.4, -0.2) is 6.54 Å². The van der Waals surface area contributed by atoms with Crippen molar-refractivity contribution in [1.29, 1.82) is 0 Å². The zero-order valence-corrected chi connectivity index (χ0v) is 8.10. The molecule has 0 aromatic rings. The number of unbranched alkanes of at least 4 members (excludes halogenated alkanes) is 2. The van der Waals surface area contributed by atoms with Crippen LogP contribution in [0.25, 0.3) is 0 Å². The lowest BCUT2D eigenvalue weighted by atomic mass is 10.3. The molecule has 0 aromatic carbocycles. The van der Waals surface area contributed by atoms with E-state index in [-0.39, 0.29) is 0 Å². The Bertz CT molecular complexity index is 46.8. The first-order valence-corrected chi connectivity index (χ1v) is 4.10. The summed E-state index contributed by atoms with van der Waals surface area (Å²) in [6, 6.07) is 0. The van der Waals surface area contributed by atoms with Gasteiger partial charge in [-0.2, -0.15) is 0 Å². The third-order valence-electron chi connectivity index (χ3n) is 0.808. The minimum atomic E-state index is 0.855. The molecule has 0 saturated carbocycles. The summed E-state index contributed by atoms with van der Waals surface area (Å²) in [6.07, 6.45) is 5.50. The molecule has 0 aliphatic carbocycles. The highest BCUT2D eigenvalue weighted by Gasteiger charge is 1.75. The molecule has 0 radical (unpaired) electrons. The smallest absolute Gasteiger partial charge is 0.00773 e.